The molecule has 8 heteroatoms. The van der Waals surface area contributed by atoms with Crippen molar-refractivity contribution < 1.29 is 0 Å². The van der Waals surface area contributed by atoms with Crippen LogP contribution < -0.4 is 0 Å². The van der Waals surface area contributed by atoms with E-state index in [1.807, 2.05) is 0 Å². The highest BCUT2D eigenvalue weighted by molar-refractivity contribution is 8.04. The van der Waals surface area contributed by atoms with Crippen molar-refractivity contribution in [3.05, 3.63) is 0 Å². The average Bonchev–Trinajstić information content (AvgIpc) is 2.87. The van der Waals surface area contributed by atoms with Crippen LogP contribution in [-0.2, 0) is 0 Å². The Morgan fingerprint density at radius 2 is 0.950 bits per heavy atom. The van der Waals surface area contributed by atoms with E-state index >= 15 is 0 Å². The summed E-state index contributed by atoms with van der Waals surface area (Å²) in [6, 6.07) is 0. The Kier molecular flexibility index (Phi) is 11.4. The van der Waals surface area contributed by atoms with Gasteiger partial charge in [0.1, 0.15) is 0 Å². The van der Waals surface area contributed by atoms with Gasteiger partial charge in [0.05, 0.1) is 0 Å². The minimum absolute atomic E-state index is 1.22. The summed E-state index contributed by atoms with van der Waals surface area (Å²) in [7, 11) is 0. The molecule has 0 N–H and O–H groups in total. The topological polar surface area (TPSA) is 6.48 Å². The Balaban J connectivity index is 1.42. The van der Waals surface area contributed by atoms with Gasteiger partial charge >= 0.3 is 0 Å². The van der Waals surface area contributed by atoms with Crippen LogP contribution in [0.5, 0.6) is 0 Å². The molecular formula is C12H24N2S6. The van der Waals surface area contributed by atoms with Gasteiger partial charge in [0.25, 0.3) is 0 Å². The van der Waals surface area contributed by atoms with Crippen LogP contribution in [0, 0.1) is 0 Å². The van der Waals surface area contributed by atoms with Crippen LogP contribution >= 0.6 is 70.6 Å². The lowest BCUT2D eigenvalue weighted by Crippen LogP contribution is -2.22. The SMILES string of the molecule is C1CSCN(CSCCSCN2CSCCSC2)CS1. The number of nitrogens with zero attached hydrogens (tertiary/aromatic N) is 2. The first-order chi connectivity index (χ1) is 9.95. The monoisotopic (exact) mass is 388 g/mol. The van der Waals surface area contributed by atoms with Crippen LogP contribution in [0.2, 0.25) is 0 Å². The molecule has 2 aliphatic rings. The molecule has 2 rings (SSSR count). The molecule has 2 nitrogen and oxygen atoms in total. The molecule has 0 atom stereocenters. The second-order valence-corrected chi connectivity index (χ2v) is 11.0. The van der Waals surface area contributed by atoms with Crippen LogP contribution in [0.4, 0.5) is 0 Å². The van der Waals surface area contributed by atoms with Gasteiger partial charge in [0.2, 0.25) is 0 Å². The summed E-state index contributed by atoms with van der Waals surface area (Å²) < 4.78 is 0. The van der Waals surface area contributed by atoms with Crippen LogP contribution in [0.1, 0.15) is 0 Å². The largest absolute Gasteiger partial charge is 0.276 e. The van der Waals surface area contributed by atoms with Crippen molar-refractivity contribution in [2.24, 2.45) is 0 Å². The Bertz CT molecular complexity index is 206. The standard InChI is InChI=1S/C12H24N2S6/c1-2-16-8-13(7-15-1)11-19-5-6-20-12-14-9-17-3-4-18-10-14/h1-12H2. The summed E-state index contributed by atoms with van der Waals surface area (Å²) in [4.78, 5) is 5.17. The molecule has 0 saturated carbocycles. The van der Waals surface area contributed by atoms with Crippen LogP contribution in [0.25, 0.3) is 0 Å². The summed E-state index contributed by atoms with van der Waals surface area (Å²) in [6.45, 7) is 0. The van der Waals surface area contributed by atoms with Crippen molar-refractivity contribution in [3.63, 3.8) is 0 Å². The maximum absolute atomic E-state index is 2.58. The van der Waals surface area contributed by atoms with E-state index < -0.39 is 0 Å². The molecule has 0 bridgehead atoms. The summed E-state index contributed by atoms with van der Waals surface area (Å²) in [5, 5.41) is 0. The Hall–Kier alpha value is 2.02. The maximum atomic E-state index is 2.58. The molecule has 2 heterocycles. The van der Waals surface area contributed by atoms with Crippen LogP contribution in [0.3, 0.4) is 0 Å². The van der Waals surface area contributed by atoms with E-state index in [2.05, 4.69) is 80.4 Å². The van der Waals surface area contributed by atoms with Gasteiger partial charge in [0, 0.05) is 69.8 Å². The van der Waals surface area contributed by atoms with E-state index in [0.29, 0.717) is 0 Å². The fraction of sp³-hybridized carbons (Fsp3) is 1.00. The highest BCUT2D eigenvalue weighted by Gasteiger charge is 2.10. The number of hydrogen-bond acceptors (Lipinski definition) is 8. The average molecular weight is 389 g/mol. The summed E-state index contributed by atoms with van der Waals surface area (Å²) in [6.07, 6.45) is 0. The minimum atomic E-state index is 1.22. The van der Waals surface area contributed by atoms with E-state index in [1.54, 1.807) is 0 Å². The molecule has 20 heavy (non-hydrogen) atoms. The third-order valence-corrected chi connectivity index (χ3v) is 9.78. The molecule has 0 aromatic rings. The van der Waals surface area contributed by atoms with Gasteiger partial charge in [-0.1, -0.05) is 0 Å². The van der Waals surface area contributed by atoms with Gasteiger partial charge in [-0.05, 0) is 0 Å². The lowest BCUT2D eigenvalue weighted by Gasteiger charge is -2.19. The summed E-state index contributed by atoms with van der Waals surface area (Å²) in [5.74, 6) is 15.3. The third kappa shape index (κ3) is 8.60. The molecule has 0 spiro atoms. The second kappa shape index (κ2) is 12.4. The van der Waals surface area contributed by atoms with Crippen molar-refractivity contribution in [2.45, 2.75) is 0 Å². The summed E-state index contributed by atoms with van der Waals surface area (Å²) >= 11 is 12.6. The molecule has 2 fully saturated rings. The lowest BCUT2D eigenvalue weighted by atomic mass is 10.9. The Morgan fingerprint density at radius 3 is 1.30 bits per heavy atom. The lowest BCUT2D eigenvalue weighted by molar-refractivity contribution is 0.448. The van der Waals surface area contributed by atoms with Gasteiger partial charge in [-0.2, -0.15) is 0 Å². The van der Waals surface area contributed by atoms with Crippen molar-refractivity contribution in [1.82, 2.24) is 9.80 Å². The third-order valence-electron chi connectivity index (χ3n) is 2.76. The predicted molar refractivity (Wildman–Crippen MR) is 108 cm³/mol. The highest BCUT2D eigenvalue weighted by Crippen LogP contribution is 2.21. The van der Waals surface area contributed by atoms with Crippen molar-refractivity contribution in [2.75, 3.05) is 69.8 Å². The zero-order chi connectivity index (χ0) is 13.9. The molecule has 0 aromatic carbocycles. The van der Waals surface area contributed by atoms with Gasteiger partial charge in [0.15, 0.2) is 0 Å². The van der Waals surface area contributed by atoms with Gasteiger partial charge in [-0.3, -0.25) is 9.80 Å². The molecule has 0 radical (unpaired) electrons. The Morgan fingerprint density at radius 1 is 0.600 bits per heavy atom. The molecule has 0 aliphatic carbocycles. The van der Waals surface area contributed by atoms with Gasteiger partial charge in [-0.25, -0.2) is 0 Å². The fourth-order valence-electron chi connectivity index (χ4n) is 1.74. The highest BCUT2D eigenvalue weighted by atomic mass is 32.2. The van der Waals surface area contributed by atoms with E-state index in [9.17, 15) is 0 Å². The first-order valence-corrected chi connectivity index (χ1v) is 13.8. The molecule has 118 valence electrons. The smallest absolute Gasteiger partial charge is 0.0460 e. The first-order valence-electron chi connectivity index (χ1n) is 6.86. The molecule has 0 aromatic heterocycles. The molecule has 2 aliphatic heterocycles. The molecule has 0 amide bonds. The number of hydrogen-bond donors (Lipinski definition) is 0. The van der Waals surface area contributed by atoms with Crippen molar-refractivity contribution in [3.8, 4) is 0 Å². The zero-order valence-corrected chi connectivity index (χ0v) is 16.7. The van der Waals surface area contributed by atoms with Crippen molar-refractivity contribution >= 4 is 70.6 Å². The quantitative estimate of drug-likeness (QED) is 0.600. The number of rotatable bonds is 7. The van der Waals surface area contributed by atoms with Crippen LogP contribution in [0.15, 0.2) is 0 Å². The Labute approximate surface area is 149 Å². The molecular weight excluding hydrogens is 365 g/mol. The van der Waals surface area contributed by atoms with Gasteiger partial charge in [-0.15, -0.1) is 70.6 Å². The fourth-order valence-corrected chi connectivity index (χ4v) is 8.68. The summed E-state index contributed by atoms with van der Waals surface area (Å²) in [5.41, 5.74) is 0. The van der Waals surface area contributed by atoms with E-state index in [0.717, 1.165) is 0 Å². The normalized spacial score (nSPS) is 23.4. The second-order valence-electron chi connectivity index (χ2n) is 4.57. The minimum Gasteiger partial charge on any atom is -0.276 e. The predicted octanol–water partition coefficient (Wildman–Crippen LogP) is 3.76. The van der Waals surface area contributed by atoms with Crippen LogP contribution in [-0.4, -0.2) is 79.6 Å². The molecule has 0 unspecified atom stereocenters. The maximum Gasteiger partial charge on any atom is 0.0460 e. The van der Waals surface area contributed by atoms with E-state index in [-0.39, 0.29) is 0 Å². The van der Waals surface area contributed by atoms with E-state index in [4.69, 9.17) is 0 Å². The van der Waals surface area contributed by atoms with E-state index in [1.165, 1.54) is 69.8 Å². The number of thioether (sulfide) groups is 6. The zero-order valence-electron chi connectivity index (χ0n) is 11.8. The molecule has 2 saturated heterocycles. The van der Waals surface area contributed by atoms with Crippen molar-refractivity contribution in [1.29, 1.82) is 0 Å². The first kappa shape index (κ1) is 18.4. The van der Waals surface area contributed by atoms with Gasteiger partial charge < -0.3 is 0 Å².